The number of anilines is 1. The maximum absolute atomic E-state index is 5.79. The van der Waals surface area contributed by atoms with Crippen LogP contribution in [-0.4, -0.2) is 18.5 Å². The van der Waals surface area contributed by atoms with E-state index in [0.717, 1.165) is 12.2 Å². The molecule has 84 valence electrons. The fraction of sp³-hybridized carbons (Fsp3) is 0.538. The second-order valence-corrected chi connectivity index (χ2v) is 4.28. The number of unbranched alkanes of at least 4 members (excludes halogenated alkanes) is 1. The summed E-state index contributed by atoms with van der Waals surface area (Å²) in [6, 6.07) is 6.29. The first-order chi connectivity index (χ1) is 7.13. The van der Waals surface area contributed by atoms with Gasteiger partial charge in [0.25, 0.3) is 0 Å². The summed E-state index contributed by atoms with van der Waals surface area (Å²) >= 11 is 0. The van der Waals surface area contributed by atoms with E-state index in [2.05, 4.69) is 37.9 Å². The predicted molar refractivity (Wildman–Crippen MR) is 66.8 cm³/mol. The van der Waals surface area contributed by atoms with Gasteiger partial charge in [0.05, 0.1) is 0 Å². The highest BCUT2D eigenvalue weighted by Crippen LogP contribution is 2.13. The third kappa shape index (κ3) is 3.92. The molecule has 2 heteroatoms. The quantitative estimate of drug-likeness (QED) is 0.751. The van der Waals surface area contributed by atoms with Gasteiger partial charge in [-0.15, -0.1) is 0 Å². The van der Waals surface area contributed by atoms with Crippen LogP contribution in [0.4, 0.5) is 5.69 Å². The molecule has 2 N–H and O–H groups in total. The van der Waals surface area contributed by atoms with Crippen LogP contribution in [-0.2, 0) is 6.54 Å². The number of nitrogen functional groups attached to an aromatic ring is 1. The largest absolute Gasteiger partial charge is 0.399 e. The van der Waals surface area contributed by atoms with Gasteiger partial charge in [-0.2, -0.15) is 0 Å². The van der Waals surface area contributed by atoms with Gasteiger partial charge in [0, 0.05) is 12.2 Å². The molecule has 0 aliphatic rings. The molecule has 0 bridgehead atoms. The van der Waals surface area contributed by atoms with Crippen LogP contribution in [0.3, 0.4) is 0 Å². The number of rotatable bonds is 5. The molecule has 0 radical (unpaired) electrons. The monoisotopic (exact) mass is 206 g/mol. The summed E-state index contributed by atoms with van der Waals surface area (Å²) in [5.41, 5.74) is 9.20. The summed E-state index contributed by atoms with van der Waals surface area (Å²) in [5, 5.41) is 0. The SMILES string of the molecule is CCCCN(C)Cc1ccc(N)c(C)c1. The number of nitrogens with two attached hydrogens (primary N) is 1. The average molecular weight is 206 g/mol. The number of hydrogen-bond donors (Lipinski definition) is 1. The Morgan fingerprint density at radius 3 is 2.67 bits per heavy atom. The van der Waals surface area contributed by atoms with Crippen LogP contribution >= 0.6 is 0 Å². The third-order valence-electron chi connectivity index (χ3n) is 2.68. The molecule has 0 aliphatic carbocycles. The van der Waals surface area contributed by atoms with E-state index in [1.54, 1.807) is 0 Å². The molecule has 0 aliphatic heterocycles. The Hall–Kier alpha value is -1.02. The smallest absolute Gasteiger partial charge is 0.0343 e. The van der Waals surface area contributed by atoms with E-state index in [9.17, 15) is 0 Å². The maximum atomic E-state index is 5.79. The predicted octanol–water partition coefficient (Wildman–Crippen LogP) is 2.81. The number of benzene rings is 1. The van der Waals surface area contributed by atoms with Gasteiger partial charge in [-0.3, -0.25) is 0 Å². The lowest BCUT2D eigenvalue weighted by Gasteiger charge is -2.16. The van der Waals surface area contributed by atoms with Crippen molar-refractivity contribution in [1.82, 2.24) is 4.90 Å². The maximum Gasteiger partial charge on any atom is 0.0343 e. The summed E-state index contributed by atoms with van der Waals surface area (Å²) in [4.78, 5) is 2.36. The van der Waals surface area contributed by atoms with Crippen LogP contribution in [0.15, 0.2) is 18.2 Å². The van der Waals surface area contributed by atoms with Crippen LogP contribution < -0.4 is 5.73 Å². The zero-order valence-corrected chi connectivity index (χ0v) is 10.1. The van der Waals surface area contributed by atoms with Crippen molar-refractivity contribution in [3.05, 3.63) is 29.3 Å². The van der Waals surface area contributed by atoms with Crippen LogP contribution in [0, 0.1) is 6.92 Å². The Labute approximate surface area is 93.1 Å². The minimum absolute atomic E-state index is 0.884. The van der Waals surface area contributed by atoms with Gasteiger partial charge in [-0.1, -0.05) is 25.5 Å². The standard InChI is InChI=1S/C13H22N2/c1-4-5-8-15(3)10-12-6-7-13(14)11(2)9-12/h6-7,9H,4-5,8,10,14H2,1-3H3. The highest BCUT2D eigenvalue weighted by Gasteiger charge is 2.01. The lowest BCUT2D eigenvalue weighted by atomic mass is 10.1. The van der Waals surface area contributed by atoms with Gasteiger partial charge < -0.3 is 10.6 Å². The van der Waals surface area contributed by atoms with E-state index < -0.39 is 0 Å². The summed E-state index contributed by atoms with van der Waals surface area (Å²) < 4.78 is 0. The molecule has 0 saturated heterocycles. The minimum atomic E-state index is 0.884. The van der Waals surface area contributed by atoms with Crippen molar-refractivity contribution >= 4 is 5.69 Å². The van der Waals surface area contributed by atoms with Gasteiger partial charge in [-0.25, -0.2) is 0 Å². The van der Waals surface area contributed by atoms with Crippen molar-refractivity contribution < 1.29 is 0 Å². The Balaban J connectivity index is 2.53. The van der Waals surface area contributed by atoms with Crippen molar-refractivity contribution in [3.8, 4) is 0 Å². The Morgan fingerprint density at radius 1 is 1.33 bits per heavy atom. The van der Waals surface area contributed by atoms with Crippen LogP contribution in [0.25, 0.3) is 0 Å². The summed E-state index contributed by atoms with van der Waals surface area (Å²) in [6.07, 6.45) is 2.52. The molecule has 0 heterocycles. The van der Waals surface area contributed by atoms with E-state index >= 15 is 0 Å². The average Bonchev–Trinajstić information content (AvgIpc) is 2.20. The molecule has 0 amide bonds. The normalized spacial score (nSPS) is 10.9. The Morgan fingerprint density at radius 2 is 2.07 bits per heavy atom. The minimum Gasteiger partial charge on any atom is -0.399 e. The highest BCUT2D eigenvalue weighted by atomic mass is 15.1. The first kappa shape index (κ1) is 12.1. The van der Waals surface area contributed by atoms with Crippen LogP contribution in [0.2, 0.25) is 0 Å². The number of nitrogens with zero attached hydrogens (tertiary/aromatic N) is 1. The molecule has 0 unspecified atom stereocenters. The fourth-order valence-electron chi connectivity index (χ4n) is 1.65. The Kier molecular flexibility index (Phi) is 4.63. The molecule has 15 heavy (non-hydrogen) atoms. The van der Waals surface area contributed by atoms with Crippen molar-refractivity contribution in [3.63, 3.8) is 0 Å². The van der Waals surface area contributed by atoms with E-state index in [1.807, 2.05) is 6.07 Å². The highest BCUT2D eigenvalue weighted by molar-refractivity contribution is 5.47. The van der Waals surface area contributed by atoms with Gasteiger partial charge in [0.1, 0.15) is 0 Å². The third-order valence-corrected chi connectivity index (χ3v) is 2.68. The summed E-state index contributed by atoms with van der Waals surface area (Å²) in [6.45, 7) is 6.47. The van der Waals surface area contributed by atoms with E-state index in [4.69, 9.17) is 5.73 Å². The molecule has 2 nitrogen and oxygen atoms in total. The number of aryl methyl sites for hydroxylation is 1. The molecule has 0 aromatic heterocycles. The molecular formula is C13H22N2. The van der Waals surface area contributed by atoms with Crippen molar-refractivity contribution in [2.75, 3.05) is 19.3 Å². The van der Waals surface area contributed by atoms with E-state index in [1.165, 1.54) is 30.5 Å². The fourth-order valence-corrected chi connectivity index (χ4v) is 1.65. The second-order valence-electron chi connectivity index (χ2n) is 4.28. The zero-order valence-electron chi connectivity index (χ0n) is 10.1. The molecule has 0 atom stereocenters. The molecule has 1 aromatic carbocycles. The topological polar surface area (TPSA) is 29.3 Å². The van der Waals surface area contributed by atoms with E-state index in [0.29, 0.717) is 0 Å². The van der Waals surface area contributed by atoms with Gasteiger partial charge in [0.2, 0.25) is 0 Å². The molecule has 0 saturated carbocycles. The van der Waals surface area contributed by atoms with Gasteiger partial charge in [-0.05, 0) is 44.1 Å². The first-order valence-corrected chi connectivity index (χ1v) is 5.67. The second kappa shape index (κ2) is 5.76. The Bertz CT molecular complexity index is 307. The van der Waals surface area contributed by atoms with Crippen molar-refractivity contribution in [2.24, 2.45) is 0 Å². The molecular weight excluding hydrogens is 184 g/mol. The molecule has 1 aromatic rings. The van der Waals surface area contributed by atoms with E-state index in [-0.39, 0.29) is 0 Å². The molecule has 0 fully saturated rings. The first-order valence-electron chi connectivity index (χ1n) is 5.67. The lowest BCUT2D eigenvalue weighted by Crippen LogP contribution is -2.18. The molecule has 1 rings (SSSR count). The van der Waals surface area contributed by atoms with Crippen LogP contribution in [0.5, 0.6) is 0 Å². The summed E-state index contributed by atoms with van der Waals surface area (Å²) in [7, 11) is 2.17. The summed E-state index contributed by atoms with van der Waals surface area (Å²) in [5.74, 6) is 0. The van der Waals surface area contributed by atoms with Crippen molar-refractivity contribution in [1.29, 1.82) is 0 Å². The number of hydrogen-bond acceptors (Lipinski definition) is 2. The van der Waals surface area contributed by atoms with Gasteiger partial charge >= 0.3 is 0 Å². The van der Waals surface area contributed by atoms with Gasteiger partial charge in [0.15, 0.2) is 0 Å². The zero-order chi connectivity index (χ0) is 11.3. The van der Waals surface area contributed by atoms with Crippen LogP contribution in [0.1, 0.15) is 30.9 Å². The van der Waals surface area contributed by atoms with Crippen molar-refractivity contribution in [2.45, 2.75) is 33.2 Å². The molecule has 0 spiro atoms. The lowest BCUT2D eigenvalue weighted by molar-refractivity contribution is 0.321.